The minimum atomic E-state index is -0.511. The fraction of sp³-hybridized carbons (Fsp3) is 0.643. The van der Waals surface area contributed by atoms with Crippen molar-refractivity contribution < 1.29 is 14.3 Å². The Hall–Kier alpha value is -1.43. The molecule has 0 N–H and O–H groups in total. The van der Waals surface area contributed by atoms with Gasteiger partial charge in [-0.2, -0.15) is 0 Å². The van der Waals surface area contributed by atoms with E-state index in [9.17, 15) is 9.59 Å². The van der Waals surface area contributed by atoms with Gasteiger partial charge in [0.15, 0.2) is 0 Å². The fourth-order valence-electron chi connectivity index (χ4n) is 2.14. The van der Waals surface area contributed by atoms with Crippen molar-refractivity contribution in [3.63, 3.8) is 0 Å². The van der Waals surface area contributed by atoms with E-state index >= 15 is 0 Å². The number of nitrogens with zero attached hydrogens (tertiary/aromatic N) is 2. The summed E-state index contributed by atoms with van der Waals surface area (Å²) in [5, 5.41) is 2.84. The highest BCUT2D eigenvalue weighted by atomic mass is 32.1. The largest absolute Gasteiger partial charge is 0.444 e. The van der Waals surface area contributed by atoms with E-state index in [0.717, 1.165) is 5.01 Å². The van der Waals surface area contributed by atoms with Crippen LogP contribution in [0.5, 0.6) is 0 Å². The molecule has 1 aliphatic heterocycles. The third-order valence-electron chi connectivity index (χ3n) is 3.08. The number of amides is 1. The minimum Gasteiger partial charge on any atom is -0.444 e. The number of aromatic nitrogens is 1. The maximum absolute atomic E-state index is 12.0. The SMILES string of the molecule is CC(C)(C)OC(=O)N1CCC(=O)C(Cc2nccs2)C1. The molecule has 1 fully saturated rings. The first kappa shape index (κ1) is 15.0. The first-order valence-corrected chi connectivity index (χ1v) is 7.62. The van der Waals surface area contributed by atoms with E-state index in [1.54, 1.807) is 22.4 Å². The zero-order valence-corrected chi connectivity index (χ0v) is 12.9. The third-order valence-corrected chi connectivity index (χ3v) is 3.88. The summed E-state index contributed by atoms with van der Waals surface area (Å²) < 4.78 is 5.36. The number of piperidine rings is 1. The number of carbonyl (C=O) groups is 2. The molecule has 2 heterocycles. The number of hydrogen-bond acceptors (Lipinski definition) is 5. The maximum Gasteiger partial charge on any atom is 0.410 e. The van der Waals surface area contributed by atoms with E-state index in [2.05, 4.69) is 4.98 Å². The van der Waals surface area contributed by atoms with Crippen LogP contribution in [0.3, 0.4) is 0 Å². The fourth-order valence-corrected chi connectivity index (χ4v) is 2.84. The van der Waals surface area contributed by atoms with E-state index in [0.29, 0.717) is 25.9 Å². The zero-order valence-electron chi connectivity index (χ0n) is 12.1. The van der Waals surface area contributed by atoms with Gasteiger partial charge in [-0.25, -0.2) is 9.78 Å². The van der Waals surface area contributed by atoms with Gasteiger partial charge in [-0.05, 0) is 20.8 Å². The van der Waals surface area contributed by atoms with Gasteiger partial charge in [0.2, 0.25) is 0 Å². The molecule has 5 nitrogen and oxygen atoms in total. The summed E-state index contributed by atoms with van der Waals surface area (Å²) in [4.78, 5) is 29.9. The second-order valence-electron chi connectivity index (χ2n) is 5.97. The molecule has 20 heavy (non-hydrogen) atoms. The van der Waals surface area contributed by atoms with Crippen LogP contribution in [0.4, 0.5) is 4.79 Å². The van der Waals surface area contributed by atoms with Crippen molar-refractivity contribution in [2.45, 2.75) is 39.2 Å². The van der Waals surface area contributed by atoms with Crippen LogP contribution in [0.2, 0.25) is 0 Å². The van der Waals surface area contributed by atoms with Crippen LogP contribution < -0.4 is 0 Å². The average molecular weight is 296 g/mol. The number of rotatable bonds is 2. The predicted octanol–water partition coefficient (Wildman–Crippen LogP) is 2.51. The van der Waals surface area contributed by atoms with Gasteiger partial charge in [0.1, 0.15) is 11.4 Å². The van der Waals surface area contributed by atoms with Gasteiger partial charge in [-0.1, -0.05) is 0 Å². The molecule has 1 unspecified atom stereocenters. The molecule has 0 saturated carbocycles. The van der Waals surface area contributed by atoms with Gasteiger partial charge in [0, 0.05) is 43.4 Å². The van der Waals surface area contributed by atoms with E-state index in [4.69, 9.17) is 4.74 Å². The molecule has 0 bridgehead atoms. The monoisotopic (exact) mass is 296 g/mol. The molecule has 1 aromatic rings. The number of thiazole rings is 1. The second-order valence-corrected chi connectivity index (χ2v) is 6.95. The third kappa shape index (κ3) is 4.03. The molecule has 0 spiro atoms. The van der Waals surface area contributed by atoms with Crippen molar-refractivity contribution in [2.75, 3.05) is 13.1 Å². The number of ether oxygens (including phenoxy) is 1. The van der Waals surface area contributed by atoms with E-state index in [1.165, 1.54) is 0 Å². The number of Topliss-reactive ketones (excluding diaryl/α,β-unsaturated/α-hetero) is 1. The van der Waals surface area contributed by atoms with Crippen molar-refractivity contribution in [1.29, 1.82) is 0 Å². The second kappa shape index (κ2) is 5.91. The van der Waals surface area contributed by atoms with Crippen molar-refractivity contribution in [3.8, 4) is 0 Å². The highest BCUT2D eigenvalue weighted by Crippen LogP contribution is 2.21. The number of hydrogen-bond donors (Lipinski definition) is 0. The summed E-state index contributed by atoms with van der Waals surface area (Å²) in [6.07, 6.45) is 2.40. The maximum atomic E-state index is 12.0. The summed E-state index contributed by atoms with van der Waals surface area (Å²) in [7, 11) is 0. The number of ketones is 1. The Bertz CT molecular complexity index is 479. The first-order valence-electron chi connectivity index (χ1n) is 6.74. The highest BCUT2D eigenvalue weighted by molar-refractivity contribution is 7.09. The Balaban J connectivity index is 1.97. The predicted molar refractivity (Wildman–Crippen MR) is 76.7 cm³/mol. The molecular formula is C14H20N2O3S. The lowest BCUT2D eigenvalue weighted by Gasteiger charge is -2.33. The Kier molecular flexibility index (Phi) is 4.42. The van der Waals surface area contributed by atoms with Crippen molar-refractivity contribution in [3.05, 3.63) is 16.6 Å². The number of carbonyl (C=O) groups excluding carboxylic acids is 2. The van der Waals surface area contributed by atoms with Gasteiger partial charge >= 0.3 is 6.09 Å². The average Bonchev–Trinajstić information content (AvgIpc) is 2.82. The normalized spacial score (nSPS) is 20.1. The molecular weight excluding hydrogens is 276 g/mol. The molecule has 110 valence electrons. The lowest BCUT2D eigenvalue weighted by Crippen LogP contribution is -2.46. The van der Waals surface area contributed by atoms with Crippen LogP contribution in [-0.2, 0) is 16.0 Å². The molecule has 1 saturated heterocycles. The van der Waals surface area contributed by atoms with Crippen molar-refractivity contribution in [1.82, 2.24) is 9.88 Å². The van der Waals surface area contributed by atoms with Gasteiger partial charge in [0.25, 0.3) is 0 Å². The summed E-state index contributed by atoms with van der Waals surface area (Å²) in [5.41, 5.74) is -0.511. The van der Waals surface area contributed by atoms with E-state index in [-0.39, 0.29) is 17.8 Å². The van der Waals surface area contributed by atoms with Crippen LogP contribution in [0.1, 0.15) is 32.2 Å². The van der Waals surface area contributed by atoms with Crippen molar-refractivity contribution in [2.24, 2.45) is 5.92 Å². The molecule has 1 atom stereocenters. The zero-order chi connectivity index (χ0) is 14.8. The Morgan fingerprint density at radius 2 is 2.30 bits per heavy atom. The quantitative estimate of drug-likeness (QED) is 0.841. The van der Waals surface area contributed by atoms with E-state index in [1.807, 2.05) is 26.2 Å². The molecule has 0 aromatic carbocycles. The summed E-state index contributed by atoms with van der Waals surface area (Å²) >= 11 is 1.54. The lowest BCUT2D eigenvalue weighted by atomic mass is 9.94. The molecule has 1 aliphatic rings. The van der Waals surface area contributed by atoms with Crippen LogP contribution >= 0.6 is 11.3 Å². The molecule has 6 heteroatoms. The van der Waals surface area contributed by atoms with Crippen LogP contribution in [-0.4, -0.2) is 40.5 Å². The summed E-state index contributed by atoms with van der Waals surface area (Å²) in [6, 6.07) is 0. The summed E-state index contributed by atoms with van der Waals surface area (Å²) in [6.45, 7) is 6.39. The Morgan fingerprint density at radius 1 is 1.55 bits per heavy atom. The van der Waals surface area contributed by atoms with Crippen molar-refractivity contribution >= 4 is 23.2 Å². The lowest BCUT2D eigenvalue weighted by molar-refractivity contribution is -0.125. The minimum absolute atomic E-state index is 0.164. The first-order chi connectivity index (χ1) is 9.35. The highest BCUT2D eigenvalue weighted by Gasteiger charge is 2.32. The molecule has 2 rings (SSSR count). The smallest absolute Gasteiger partial charge is 0.410 e. The van der Waals surface area contributed by atoms with Gasteiger partial charge < -0.3 is 9.64 Å². The van der Waals surface area contributed by atoms with Crippen LogP contribution in [0.25, 0.3) is 0 Å². The molecule has 1 aromatic heterocycles. The van der Waals surface area contributed by atoms with Crippen LogP contribution in [0.15, 0.2) is 11.6 Å². The Morgan fingerprint density at radius 3 is 2.90 bits per heavy atom. The number of likely N-dealkylation sites (tertiary alicyclic amines) is 1. The molecule has 0 aliphatic carbocycles. The Labute approximate surface area is 122 Å². The van der Waals surface area contributed by atoms with Gasteiger partial charge in [-0.3, -0.25) is 4.79 Å². The molecule has 0 radical (unpaired) electrons. The van der Waals surface area contributed by atoms with Gasteiger partial charge in [-0.15, -0.1) is 11.3 Å². The molecule has 1 amide bonds. The summed E-state index contributed by atoms with van der Waals surface area (Å²) in [5.74, 6) is 0.0439. The van der Waals surface area contributed by atoms with E-state index < -0.39 is 5.60 Å². The van der Waals surface area contributed by atoms with Gasteiger partial charge in [0.05, 0.1) is 5.01 Å². The van der Waals surface area contributed by atoms with Crippen LogP contribution in [0, 0.1) is 5.92 Å². The topological polar surface area (TPSA) is 59.5 Å². The standard InChI is InChI=1S/C14H20N2O3S/c1-14(2,3)19-13(18)16-6-4-11(17)10(9-16)8-12-15-5-7-20-12/h5,7,10H,4,6,8-9H2,1-3H3.